The largest absolute Gasteiger partial charge is 0.317 e. The van der Waals surface area contributed by atoms with Gasteiger partial charge in [0, 0.05) is 31.0 Å². The molecule has 0 aliphatic carbocycles. The Kier molecular flexibility index (Phi) is 4.13. The maximum atomic E-state index is 4.20. The number of nitrogens with zero attached hydrogens (tertiary/aromatic N) is 2. The van der Waals surface area contributed by atoms with E-state index in [0.717, 1.165) is 26.2 Å². The molecule has 0 aromatic carbocycles. The van der Waals surface area contributed by atoms with E-state index in [1.807, 2.05) is 18.5 Å². The van der Waals surface area contributed by atoms with Crippen molar-refractivity contribution in [2.75, 3.05) is 19.6 Å². The molecule has 0 unspecified atom stereocenters. The van der Waals surface area contributed by atoms with Crippen molar-refractivity contribution in [1.82, 2.24) is 15.2 Å². The zero-order valence-electron chi connectivity index (χ0n) is 10.9. The van der Waals surface area contributed by atoms with Crippen LogP contribution < -0.4 is 5.32 Å². The lowest BCUT2D eigenvalue weighted by molar-refractivity contribution is 0.0924. The standard InChI is InChI=1S/C14H23N3/c1-14(2)6-9-15-8-4-10-17(14)12-13-5-3-7-16-11-13/h3,5,7,11,15H,4,6,8-10,12H2,1-2H3. The molecule has 0 atom stereocenters. The van der Waals surface area contributed by atoms with Gasteiger partial charge in [-0.15, -0.1) is 0 Å². The predicted molar refractivity (Wildman–Crippen MR) is 70.8 cm³/mol. The molecule has 1 fully saturated rings. The zero-order valence-corrected chi connectivity index (χ0v) is 10.9. The quantitative estimate of drug-likeness (QED) is 0.847. The van der Waals surface area contributed by atoms with Gasteiger partial charge < -0.3 is 5.32 Å². The topological polar surface area (TPSA) is 28.2 Å². The average Bonchev–Trinajstić information content (AvgIpc) is 2.31. The van der Waals surface area contributed by atoms with Gasteiger partial charge in [-0.2, -0.15) is 0 Å². The van der Waals surface area contributed by atoms with Crippen LogP contribution in [0.2, 0.25) is 0 Å². The Morgan fingerprint density at radius 2 is 2.29 bits per heavy atom. The molecular weight excluding hydrogens is 210 g/mol. The Bertz CT molecular complexity index is 335. The van der Waals surface area contributed by atoms with Crippen molar-refractivity contribution >= 4 is 0 Å². The second kappa shape index (κ2) is 5.61. The van der Waals surface area contributed by atoms with Gasteiger partial charge in [0.15, 0.2) is 0 Å². The summed E-state index contributed by atoms with van der Waals surface area (Å²) < 4.78 is 0. The highest BCUT2D eigenvalue weighted by atomic mass is 15.2. The van der Waals surface area contributed by atoms with Crippen LogP contribution in [0.1, 0.15) is 32.3 Å². The molecule has 1 aromatic heterocycles. The molecule has 94 valence electrons. The molecule has 3 nitrogen and oxygen atoms in total. The van der Waals surface area contributed by atoms with Crippen molar-refractivity contribution in [3.8, 4) is 0 Å². The molecule has 2 heterocycles. The summed E-state index contributed by atoms with van der Waals surface area (Å²) in [6.45, 7) is 9.12. The first-order chi connectivity index (χ1) is 8.18. The Morgan fingerprint density at radius 1 is 1.41 bits per heavy atom. The summed E-state index contributed by atoms with van der Waals surface area (Å²) in [7, 11) is 0. The maximum absolute atomic E-state index is 4.20. The van der Waals surface area contributed by atoms with Gasteiger partial charge in [0.2, 0.25) is 0 Å². The van der Waals surface area contributed by atoms with Gasteiger partial charge in [-0.05, 0) is 51.4 Å². The lowest BCUT2D eigenvalue weighted by Crippen LogP contribution is -2.48. The molecule has 3 heteroatoms. The molecule has 1 aromatic rings. The van der Waals surface area contributed by atoms with Gasteiger partial charge in [-0.25, -0.2) is 0 Å². The molecule has 1 aliphatic rings. The van der Waals surface area contributed by atoms with Crippen LogP contribution in [-0.2, 0) is 6.54 Å². The Balaban J connectivity index is 2.05. The van der Waals surface area contributed by atoms with Crippen LogP contribution in [0.4, 0.5) is 0 Å². The van der Waals surface area contributed by atoms with Gasteiger partial charge in [0.25, 0.3) is 0 Å². The van der Waals surface area contributed by atoms with Crippen molar-refractivity contribution in [3.63, 3.8) is 0 Å². The summed E-state index contributed by atoms with van der Waals surface area (Å²) in [6.07, 6.45) is 6.25. The predicted octanol–water partition coefficient (Wildman–Crippen LogP) is 2.05. The third-order valence-electron chi connectivity index (χ3n) is 3.65. The normalized spacial score (nSPS) is 21.8. The Morgan fingerprint density at radius 3 is 3.06 bits per heavy atom. The maximum Gasteiger partial charge on any atom is 0.0312 e. The highest BCUT2D eigenvalue weighted by Crippen LogP contribution is 2.22. The molecule has 1 N–H and O–H groups in total. The monoisotopic (exact) mass is 233 g/mol. The second-order valence-electron chi connectivity index (χ2n) is 5.45. The minimum atomic E-state index is 0.267. The van der Waals surface area contributed by atoms with E-state index >= 15 is 0 Å². The van der Waals surface area contributed by atoms with E-state index in [0.29, 0.717) is 0 Å². The fraction of sp³-hybridized carbons (Fsp3) is 0.643. The van der Waals surface area contributed by atoms with E-state index in [2.05, 4.69) is 35.1 Å². The molecular formula is C14H23N3. The Hall–Kier alpha value is -0.930. The van der Waals surface area contributed by atoms with Crippen molar-refractivity contribution in [1.29, 1.82) is 0 Å². The molecule has 0 saturated carbocycles. The van der Waals surface area contributed by atoms with E-state index in [1.54, 1.807) is 0 Å². The number of pyridine rings is 1. The number of hydrogen-bond donors (Lipinski definition) is 1. The molecule has 2 rings (SSSR count). The van der Waals surface area contributed by atoms with Gasteiger partial charge in [0.1, 0.15) is 0 Å². The average molecular weight is 233 g/mol. The van der Waals surface area contributed by atoms with E-state index < -0.39 is 0 Å². The zero-order chi connectivity index (χ0) is 12.1. The molecule has 0 bridgehead atoms. The van der Waals surface area contributed by atoms with Crippen LogP contribution in [0.3, 0.4) is 0 Å². The van der Waals surface area contributed by atoms with E-state index in [9.17, 15) is 0 Å². The van der Waals surface area contributed by atoms with Gasteiger partial charge >= 0.3 is 0 Å². The lowest BCUT2D eigenvalue weighted by atomic mass is 9.96. The fourth-order valence-corrected chi connectivity index (χ4v) is 2.38. The van der Waals surface area contributed by atoms with Crippen molar-refractivity contribution in [3.05, 3.63) is 30.1 Å². The van der Waals surface area contributed by atoms with Crippen molar-refractivity contribution < 1.29 is 0 Å². The third-order valence-corrected chi connectivity index (χ3v) is 3.65. The summed E-state index contributed by atoms with van der Waals surface area (Å²) in [5.74, 6) is 0. The summed E-state index contributed by atoms with van der Waals surface area (Å²) in [5, 5.41) is 3.49. The smallest absolute Gasteiger partial charge is 0.0312 e. The number of aromatic nitrogens is 1. The molecule has 0 radical (unpaired) electrons. The first-order valence-corrected chi connectivity index (χ1v) is 6.53. The summed E-state index contributed by atoms with van der Waals surface area (Å²) in [4.78, 5) is 6.79. The van der Waals surface area contributed by atoms with E-state index in [-0.39, 0.29) is 5.54 Å². The SMILES string of the molecule is CC1(C)CCNCCCN1Cc1cccnc1. The minimum absolute atomic E-state index is 0.267. The highest BCUT2D eigenvalue weighted by Gasteiger charge is 2.27. The summed E-state index contributed by atoms with van der Waals surface area (Å²) >= 11 is 0. The first-order valence-electron chi connectivity index (χ1n) is 6.53. The molecule has 1 saturated heterocycles. The van der Waals surface area contributed by atoms with Crippen molar-refractivity contribution in [2.24, 2.45) is 0 Å². The van der Waals surface area contributed by atoms with Gasteiger partial charge in [0.05, 0.1) is 0 Å². The molecule has 1 aliphatic heterocycles. The lowest BCUT2D eigenvalue weighted by Gasteiger charge is -2.40. The number of nitrogens with one attached hydrogen (secondary N) is 1. The van der Waals surface area contributed by atoms with Crippen LogP contribution >= 0.6 is 0 Å². The summed E-state index contributed by atoms with van der Waals surface area (Å²) in [5.41, 5.74) is 1.58. The number of hydrogen-bond acceptors (Lipinski definition) is 3. The van der Waals surface area contributed by atoms with E-state index in [1.165, 1.54) is 18.4 Å². The number of rotatable bonds is 2. The van der Waals surface area contributed by atoms with Crippen LogP contribution in [0.25, 0.3) is 0 Å². The molecule has 0 amide bonds. The van der Waals surface area contributed by atoms with E-state index in [4.69, 9.17) is 0 Å². The fourth-order valence-electron chi connectivity index (χ4n) is 2.38. The van der Waals surface area contributed by atoms with Crippen LogP contribution in [0.5, 0.6) is 0 Å². The second-order valence-corrected chi connectivity index (χ2v) is 5.45. The van der Waals surface area contributed by atoms with Crippen LogP contribution in [-0.4, -0.2) is 35.1 Å². The van der Waals surface area contributed by atoms with Crippen LogP contribution in [0.15, 0.2) is 24.5 Å². The minimum Gasteiger partial charge on any atom is -0.317 e. The third kappa shape index (κ3) is 3.51. The van der Waals surface area contributed by atoms with Gasteiger partial charge in [-0.3, -0.25) is 9.88 Å². The highest BCUT2D eigenvalue weighted by molar-refractivity contribution is 5.09. The first kappa shape index (κ1) is 12.5. The van der Waals surface area contributed by atoms with Crippen molar-refractivity contribution in [2.45, 2.75) is 38.8 Å². The summed E-state index contributed by atoms with van der Waals surface area (Å²) in [6, 6.07) is 4.19. The Labute approximate surface area is 104 Å². The van der Waals surface area contributed by atoms with Crippen LogP contribution in [0, 0.1) is 0 Å². The van der Waals surface area contributed by atoms with Gasteiger partial charge in [-0.1, -0.05) is 6.07 Å². The molecule has 17 heavy (non-hydrogen) atoms. The molecule has 0 spiro atoms.